The zero-order valence-electron chi connectivity index (χ0n) is 16.4. The number of nitrogens with zero attached hydrogens (tertiary/aromatic N) is 1. The number of ether oxygens (including phenoxy) is 1. The van der Waals surface area contributed by atoms with E-state index in [4.69, 9.17) is 25.2 Å². The highest BCUT2D eigenvalue weighted by atomic mass is 35.5. The largest absolute Gasteiger partial charge is 0.467 e. The standard InChI is InChI=1S/C22H20ClNO6/c1-2-13-6-19-17(9-18(13)23)15(8-21(26)30-19)12-29-22(27)14-7-20(25)24(10-14)11-16-4-3-5-28-16/h3-6,8-9,14H,2,7,10-12H2,1H3. The zero-order chi connectivity index (χ0) is 21.3. The molecule has 1 amide bonds. The fourth-order valence-corrected chi connectivity index (χ4v) is 3.92. The van der Waals surface area contributed by atoms with Crippen molar-refractivity contribution < 1.29 is 23.2 Å². The quantitative estimate of drug-likeness (QED) is 0.438. The molecule has 0 radical (unpaired) electrons. The van der Waals surface area contributed by atoms with Crippen molar-refractivity contribution in [2.75, 3.05) is 6.54 Å². The molecule has 0 aliphatic carbocycles. The summed E-state index contributed by atoms with van der Waals surface area (Å²) in [6, 6.07) is 8.26. The molecule has 0 saturated carbocycles. The number of amides is 1. The lowest BCUT2D eigenvalue weighted by Gasteiger charge is -2.15. The second-order valence-corrected chi connectivity index (χ2v) is 7.65. The fraction of sp³-hybridized carbons (Fsp3) is 0.318. The van der Waals surface area contributed by atoms with Crippen LogP contribution < -0.4 is 5.63 Å². The maximum absolute atomic E-state index is 12.5. The molecule has 30 heavy (non-hydrogen) atoms. The molecular weight excluding hydrogens is 410 g/mol. The Balaban J connectivity index is 1.46. The lowest BCUT2D eigenvalue weighted by molar-refractivity contribution is -0.149. The molecule has 1 unspecified atom stereocenters. The molecule has 1 saturated heterocycles. The molecule has 2 aromatic heterocycles. The van der Waals surface area contributed by atoms with Gasteiger partial charge in [0, 0.05) is 35.0 Å². The molecule has 8 heteroatoms. The number of fused-ring (bicyclic) bond motifs is 1. The van der Waals surface area contributed by atoms with Crippen LogP contribution in [0.3, 0.4) is 0 Å². The van der Waals surface area contributed by atoms with Gasteiger partial charge in [0.05, 0.1) is 18.7 Å². The van der Waals surface area contributed by atoms with Gasteiger partial charge in [-0.15, -0.1) is 0 Å². The van der Waals surface area contributed by atoms with E-state index in [0.29, 0.717) is 40.3 Å². The Hall–Kier alpha value is -3.06. The third-order valence-corrected chi connectivity index (χ3v) is 5.57. The van der Waals surface area contributed by atoms with Crippen molar-refractivity contribution >= 4 is 34.4 Å². The summed E-state index contributed by atoms with van der Waals surface area (Å²) in [5.41, 5.74) is 1.24. The highest BCUT2D eigenvalue weighted by molar-refractivity contribution is 6.32. The first-order chi connectivity index (χ1) is 14.4. The number of likely N-dealkylation sites (tertiary alicyclic amines) is 1. The zero-order valence-corrected chi connectivity index (χ0v) is 17.1. The minimum atomic E-state index is -0.561. The Bertz CT molecular complexity index is 1150. The first-order valence-corrected chi connectivity index (χ1v) is 10.0. The van der Waals surface area contributed by atoms with Crippen LogP contribution in [0.2, 0.25) is 5.02 Å². The normalized spacial score (nSPS) is 16.4. The molecule has 1 fully saturated rings. The van der Waals surface area contributed by atoms with Gasteiger partial charge in [0.2, 0.25) is 5.91 Å². The van der Waals surface area contributed by atoms with Crippen LogP contribution >= 0.6 is 11.6 Å². The highest BCUT2D eigenvalue weighted by Crippen LogP contribution is 2.27. The van der Waals surface area contributed by atoms with Crippen LogP contribution in [0.4, 0.5) is 0 Å². The van der Waals surface area contributed by atoms with Crippen LogP contribution in [0, 0.1) is 5.92 Å². The number of halogens is 1. The van der Waals surface area contributed by atoms with Crippen molar-refractivity contribution in [1.82, 2.24) is 4.90 Å². The van der Waals surface area contributed by atoms with Crippen LogP contribution in [-0.2, 0) is 33.9 Å². The first kappa shape index (κ1) is 20.2. The predicted molar refractivity (Wildman–Crippen MR) is 109 cm³/mol. The maximum Gasteiger partial charge on any atom is 0.336 e. The van der Waals surface area contributed by atoms with Crippen molar-refractivity contribution in [1.29, 1.82) is 0 Å². The lowest BCUT2D eigenvalue weighted by Crippen LogP contribution is -2.26. The number of carbonyl (C=O) groups excluding carboxylic acids is 2. The van der Waals surface area contributed by atoms with Crippen molar-refractivity contribution in [3.8, 4) is 0 Å². The fourth-order valence-electron chi connectivity index (χ4n) is 3.62. The number of esters is 1. The van der Waals surface area contributed by atoms with Crippen LogP contribution in [-0.4, -0.2) is 23.3 Å². The van der Waals surface area contributed by atoms with Crippen LogP contribution in [0.5, 0.6) is 0 Å². The lowest BCUT2D eigenvalue weighted by atomic mass is 10.1. The van der Waals surface area contributed by atoms with E-state index in [1.165, 1.54) is 12.3 Å². The molecule has 1 aliphatic rings. The molecule has 3 aromatic rings. The summed E-state index contributed by atoms with van der Waals surface area (Å²) < 4.78 is 16.0. The monoisotopic (exact) mass is 429 g/mol. The van der Waals surface area contributed by atoms with Gasteiger partial charge in [-0.3, -0.25) is 9.59 Å². The molecule has 156 valence electrons. The van der Waals surface area contributed by atoms with E-state index in [1.54, 1.807) is 29.2 Å². The molecule has 4 rings (SSSR count). The number of benzene rings is 1. The number of rotatable bonds is 6. The van der Waals surface area contributed by atoms with E-state index < -0.39 is 17.5 Å². The van der Waals surface area contributed by atoms with Gasteiger partial charge in [0.15, 0.2) is 0 Å². The van der Waals surface area contributed by atoms with Gasteiger partial charge in [-0.1, -0.05) is 18.5 Å². The van der Waals surface area contributed by atoms with Crippen molar-refractivity contribution in [2.24, 2.45) is 5.92 Å². The maximum atomic E-state index is 12.5. The van der Waals surface area contributed by atoms with E-state index in [2.05, 4.69) is 0 Å². The molecule has 7 nitrogen and oxygen atoms in total. The van der Waals surface area contributed by atoms with E-state index >= 15 is 0 Å². The van der Waals surface area contributed by atoms with Crippen LogP contribution in [0.25, 0.3) is 11.0 Å². The third kappa shape index (κ3) is 4.11. The molecule has 0 N–H and O–H groups in total. The summed E-state index contributed by atoms with van der Waals surface area (Å²) in [5.74, 6) is -0.515. The summed E-state index contributed by atoms with van der Waals surface area (Å²) >= 11 is 6.29. The molecular formula is C22H20ClNO6. The van der Waals surface area contributed by atoms with Gasteiger partial charge in [0.25, 0.3) is 0 Å². The molecule has 0 bridgehead atoms. The number of hydrogen-bond donors (Lipinski definition) is 0. The van der Waals surface area contributed by atoms with Crippen LogP contribution in [0.1, 0.15) is 30.2 Å². The van der Waals surface area contributed by atoms with E-state index in [-0.39, 0.29) is 25.5 Å². The smallest absolute Gasteiger partial charge is 0.336 e. The number of aryl methyl sites for hydroxylation is 1. The van der Waals surface area contributed by atoms with Gasteiger partial charge in [-0.25, -0.2) is 4.79 Å². The Morgan fingerprint density at radius 1 is 1.27 bits per heavy atom. The van der Waals surface area contributed by atoms with Gasteiger partial charge in [-0.2, -0.15) is 0 Å². The van der Waals surface area contributed by atoms with Gasteiger partial charge < -0.3 is 18.5 Å². The average molecular weight is 430 g/mol. The molecule has 3 heterocycles. The van der Waals surface area contributed by atoms with Crippen LogP contribution in [0.15, 0.2) is 50.2 Å². The number of carbonyl (C=O) groups is 2. The third-order valence-electron chi connectivity index (χ3n) is 5.22. The van der Waals surface area contributed by atoms with Crippen molar-refractivity contribution in [2.45, 2.75) is 32.9 Å². The molecule has 1 atom stereocenters. The predicted octanol–water partition coefficient (Wildman–Crippen LogP) is 3.69. The average Bonchev–Trinajstić information content (AvgIpc) is 3.36. The molecule has 1 aromatic carbocycles. The Kier molecular flexibility index (Phi) is 5.63. The topological polar surface area (TPSA) is 90.0 Å². The van der Waals surface area contributed by atoms with Crippen molar-refractivity contribution in [3.63, 3.8) is 0 Å². The SMILES string of the molecule is CCc1cc2oc(=O)cc(COC(=O)C3CC(=O)N(Cc4ccco4)C3)c2cc1Cl. The van der Waals surface area contributed by atoms with Gasteiger partial charge >= 0.3 is 11.6 Å². The summed E-state index contributed by atoms with van der Waals surface area (Å²) in [6.07, 6.45) is 2.32. The number of furan rings is 1. The minimum Gasteiger partial charge on any atom is -0.467 e. The summed E-state index contributed by atoms with van der Waals surface area (Å²) in [7, 11) is 0. The van der Waals surface area contributed by atoms with E-state index in [1.807, 2.05) is 6.92 Å². The second-order valence-electron chi connectivity index (χ2n) is 7.25. The second kappa shape index (κ2) is 8.36. The first-order valence-electron chi connectivity index (χ1n) is 9.66. The van der Waals surface area contributed by atoms with Crippen molar-refractivity contribution in [3.05, 3.63) is 68.9 Å². The summed E-state index contributed by atoms with van der Waals surface area (Å²) in [4.78, 5) is 38.3. The molecule has 1 aliphatic heterocycles. The van der Waals surface area contributed by atoms with E-state index in [9.17, 15) is 14.4 Å². The summed E-state index contributed by atoms with van der Waals surface area (Å²) in [6.45, 7) is 2.43. The molecule has 0 spiro atoms. The number of hydrogen-bond acceptors (Lipinski definition) is 6. The Morgan fingerprint density at radius 3 is 2.83 bits per heavy atom. The Morgan fingerprint density at radius 2 is 2.10 bits per heavy atom. The summed E-state index contributed by atoms with van der Waals surface area (Å²) in [5, 5.41) is 1.17. The van der Waals surface area contributed by atoms with E-state index in [0.717, 1.165) is 5.56 Å². The Labute approximate surface area is 177 Å². The van der Waals surface area contributed by atoms with Gasteiger partial charge in [-0.05, 0) is 36.2 Å². The highest BCUT2D eigenvalue weighted by Gasteiger charge is 2.35. The minimum absolute atomic E-state index is 0.0862. The van der Waals surface area contributed by atoms with Gasteiger partial charge in [0.1, 0.15) is 18.0 Å².